The highest BCUT2D eigenvalue weighted by Gasteiger charge is 2.32. The summed E-state index contributed by atoms with van der Waals surface area (Å²) in [5.74, 6) is 0.0510. The van der Waals surface area contributed by atoms with Gasteiger partial charge < -0.3 is 10.2 Å². The van der Waals surface area contributed by atoms with Crippen LogP contribution in [0.2, 0.25) is 0 Å². The maximum absolute atomic E-state index is 12.5. The van der Waals surface area contributed by atoms with E-state index in [1.54, 1.807) is 28.9 Å². The molecule has 7 heteroatoms. The number of hydrogen-bond acceptors (Lipinski definition) is 6. The summed E-state index contributed by atoms with van der Waals surface area (Å²) in [4.78, 5) is 24.9. The van der Waals surface area contributed by atoms with Crippen LogP contribution in [-0.2, 0) is 17.6 Å². The quantitative estimate of drug-likeness (QED) is 0.944. The van der Waals surface area contributed by atoms with Crippen molar-refractivity contribution in [2.24, 2.45) is 0 Å². The number of carbonyl (C=O) groups is 1. The van der Waals surface area contributed by atoms with Crippen molar-refractivity contribution in [2.75, 3.05) is 16.8 Å². The molecule has 2 aromatic heterocycles. The first-order valence-electron chi connectivity index (χ1n) is 7.27. The molecule has 1 unspecified atom stereocenters. The fourth-order valence-corrected chi connectivity index (χ4v) is 4.83. The predicted molar refractivity (Wildman–Crippen MR) is 85.3 cm³/mol. The number of nitrogens with one attached hydrogen (secondary N) is 1. The van der Waals surface area contributed by atoms with Crippen LogP contribution in [0.15, 0.2) is 11.6 Å². The molecule has 110 valence electrons. The van der Waals surface area contributed by atoms with Crippen molar-refractivity contribution < 1.29 is 4.79 Å². The van der Waals surface area contributed by atoms with Crippen LogP contribution >= 0.6 is 22.7 Å². The smallest absolute Gasteiger partial charge is 0.248 e. The van der Waals surface area contributed by atoms with Gasteiger partial charge >= 0.3 is 0 Å². The summed E-state index contributed by atoms with van der Waals surface area (Å²) in [7, 11) is 0. The van der Waals surface area contributed by atoms with E-state index in [1.165, 1.54) is 17.0 Å². The van der Waals surface area contributed by atoms with Gasteiger partial charge in [0, 0.05) is 23.0 Å². The molecule has 0 saturated carbocycles. The predicted octanol–water partition coefficient (Wildman–Crippen LogP) is 2.70. The van der Waals surface area contributed by atoms with E-state index in [4.69, 9.17) is 0 Å². The lowest BCUT2D eigenvalue weighted by atomic mass is 10.2. The third kappa shape index (κ3) is 2.44. The molecule has 0 spiro atoms. The minimum absolute atomic E-state index is 0.0510. The van der Waals surface area contributed by atoms with E-state index in [-0.39, 0.29) is 11.9 Å². The number of hydrogen-bond donors (Lipinski definition) is 1. The van der Waals surface area contributed by atoms with E-state index in [0.29, 0.717) is 0 Å². The van der Waals surface area contributed by atoms with Gasteiger partial charge in [-0.3, -0.25) is 4.79 Å². The summed E-state index contributed by atoms with van der Waals surface area (Å²) in [6.45, 7) is 0.903. The Hall–Kier alpha value is -1.47. The minimum atomic E-state index is -0.116. The largest absolute Gasteiger partial charge is 0.336 e. The molecule has 1 atom stereocenters. The van der Waals surface area contributed by atoms with Gasteiger partial charge in [0.25, 0.3) is 0 Å². The fourth-order valence-electron chi connectivity index (χ4n) is 3.06. The number of carbonyl (C=O) groups excluding carboxylic acids is 1. The van der Waals surface area contributed by atoms with Crippen molar-refractivity contribution >= 4 is 38.8 Å². The Balaban J connectivity index is 1.48. The van der Waals surface area contributed by atoms with Gasteiger partial charge in [0.05, 0.1) is 5.69 Å². The van der Waals surface area contributed by atoms with E-state index in [0.717, 1.165) is 42.5 Å². The maximum Gasteiger partial charge on any atom is 0.248 e. The first kappa shape index (κ1) is 13.2. The molecular formula is C14H16N4OS2. The molecule has 2 aromatic rings. The molecule has 21 heavy (non-hydrogen) atoms. The SMILES string of the molecule is O=C(Nc1nc2c(s1)CCC2)C1CCCN1c1nccs1. The van der Waals surface area contributed by atoms with Crippen LogP contribution in [0.5, 0.6) is 0 Å². The Bertz CT molecular complexity index is 630. The fraction of sp³-hybridized carbons (Fsp3) is 0.500. The van der Waals surface area contributed by atoms with Gasteiger partial charge in [0.1, 0.15) is 6.04 Å². The first-order valence-corrected chi connectivity index (χ1v) is 8.96. The summed E-state index contributed by atoms with van der Waals surface area (Å²) in [6, 6.07) is -0.116. The monoisotopic (exact) mass is 320 g/mol. The maximum atomic E-state index is 12.5. The molecule has 1 saturated heterocycles. The molecule has 0 bridgehead atoms. The highest BCUT2D eigenvalue weighted by atomic mass is 32.1. The number of aryl methyl sites for hydroxylation is 2. The van der Waals surface area contributed by atoms with Crippen LogP contribution in [-0.4, -0.2) is 28.5 Å². The first-order chi connectivity index (χ1) is 10.3. The van der Waals surface area contributed by atoms with E-state index in [9.17, 15) is 4.79 Å². The lowest BCUT2D eigenvalue weighted by Gasteiger charge is -2.22. The van der Waals surface area contributed by atoms with Crippen LogP contribution < -0.4 is 10.2 Å². The topological polar surface area (TPSA) is 58.1 Å². The molecule has 0 radical (unpaired) electrons. The zero-order valence-electron chi connectivity index (χ0n) is 11.5. The molecule has 5 nitrogen and oxygen atoms in total. The normalized spacial score (nSPS) is 20.8. The zero-order valence-corrected chi connectivity index (χ0v) is 13.2. The van der Waals surface area contributed by atoms with Crippen LogP contribution in [0.1, 0.15) is 29.8 Å². The number of rotatable bonds is 3. The molecule has 1 aliphatic heterocycles. The van der Waals surface area contributed by atoms with Crippen molar-refractivity contribution in [1.29, 1.82) is 0 Å². The van der Waals surface area contributed by atoms with Crippen molar-refractivity contribution in [3.05, 3.63) is 22.1 Å². The second-order valence-corrected chi connectivity index (χ2v) is 7.35. The van der Waals surface area contributed by atoms with Crippen LogP contribution in [0, 0.1) is 0 Å². The highest BCUT2D eigenvalue weighted by Crippen LogP contribution is 2.32. The number of fused-ring (bicyclic) bond motifs is 1. The molecule has 1 N–H and O–H groups in total. The van der Waals surface area contributed by atoms with Gasteiger partial charge in [-0.2, -0.15) is 0 Å². The summed E-state index contributed by atoms with van der Waals surface area (Å²) in [5, 5.41) is 6.66. The Kier molecular flexibility index (Phi) is 3.39. The van der Waals surface area contributed by atoms with E-state index in [2.05, 4.69) is 20.2 Å². The molecule has 2 aliphatic rings. The van der Waals surface area contributed by atoms with E-state index >= 15 is 0 Å². The zero-order chi connectivity index (χ0) is 14.2. The standard InChI is InChI=1S/C14H16N4OS2/c19-12(17-13-16-9-3-1-5-11(9)21-13)10-4-2-7-18(10)14-15-6-8-20-14/h6,8,10H,1-5,7H2,(H,16,17,19). The van der Waals surface area contributed by atoms with Gasteiger partial charge in [-0.05, 0) is 32.1 Å². The van der Waals surface area contributed by atoms with Crippen molar-refractivity contribution in [2.45, 2.75) is 38.1 Å². The molecular weight excluding hydrogens is 304 g/mol. The van der Waals surface area contributed by atoms with E-state index < -0.39 is 0 Å². The molecule has 0 aromatic carbocycles. The van der Waals surface area contributed by atoms with Gasteiger partial charge in [-0.25, -0.2) is 9.97 Å². The summed E-state index contributed by atoms with van der Waals surface area (Å²) < 4.78 is 0. The van der Waals surface area contributed by atoms with Crippen molar-refractivity contribution in [3.8, 4) is 0 Å². The lowest BCUT2D eigenvalue weighted by Crippen LogP contribution is -2.39. The minimum Gasteiger partial charge on any atom is -0.336 e. The molecule has 1 amide bonds. The van der Waals surface area contributed by atoms with Gasteiger partial charge in [-0.1, -0.05) is 0 Å². The Morgan fingerprint density at radius 3 is 3.14 bits per heavy atom. The van der Waals surface area contributed by atoms with Gasteiger partial charge in [-0.15, -0.1) is 22.7 Å². The van der Waals surface area contributed by atoms with E-state index in [1.807, 2.05) is 5.38 Å². The third-order valence-corrected chi connectivity index (χ3v) is 5.93. The lowest BCUT2D eigenvalue weighted by molar-refractivity contribution is -0.117. The van der Waals surface area contributed by atoms with Crippen molar-refractivity contribution in [1.82, 2.24) is 9.97 Å². The molecule has 1 fully saturated rings. The number of aromatic nitrogens is 2. The number of thiazole rings is 2. The third-order valence-electron chi connectivity index (χ3n) is 4.05. The second-order valence-electron chi connectivity index (χ2n) is 5.40. The summed E-state index contributed by atoms with van der Waals surface area (Å²) >= 11 is 3.22. The second kappa shape index (κ2) is 5.38. The average Bonchev–Trinajstić information content (AvgIpc) is 3.22. The number of amides is 1. The van der Waals surface area contributed by atoms with Crippen LogP contribution in [0.3, 0.4) is 0 Å². The molecule has 1 aliphatic carbocycles. The number of nitrogens with zero attached hydrogens (tertiary/aromatic N) is 3. The summed E-state index contributed by atoms with van der Waals surface area (Å²) in [5.41, 5.74) is 1.18. The average molecular weight is 320 g/mol. The molecule has 4 rings (SSSR count). The van der Waals surface area contributed by atoms with Gasteiger partial charge in [0.15, 0.2) is 10.3 Å². The number of anilines is 2. The van der Waals surface area contributed by atoms with Crippen LogP contribution in [0.4, 0.5) is 10.3 Å². The Labute approximate surface area is 131 Å². The van der Waals surface area contributed by atoms with Crippen molar-refractivity contribution in [3.63, 3.8) is 0 Å². The molecule has 3 heterocycles. The van der Waals surface area contributed by atoms with Gasteiger partial charge in [0.2, 0.25) is 5.91 Å². The highest BCUT2D eigenvalue weighted by molar-refractivity contribution is 7.16. The Morgan fingerprint density at radius 1 is 1.38 bits per heavy atom. The van der Waals surface area contributed by atoms with Crippen LogP contribution in [0.25, 0.3) is 0 Å². The summed E-state index contributed by atoms with van der Waals surface area (Å²) in [6.07, 6.45) is 7.07. The Morgan fingerprint density at radius 2 is 2.33 bits per heavy atom.